The molecule has 1 atom stereocenters. The van der Waals surface area contributed by atoms with Crippen molar-refractivity contribution in [2.45, 2.75) is 31.7 Å². The third kappa shape index (κ3) is 2.58. The number of halogens is 1. The lowest BCUT2D eigenvalue weighted by Crippen LogP contribution is -2.35. The van der Waals surface area contributed by atoms with Gasteiger partial charge in [0.25, 0.3) is 0 Å². The van der Waals surface area contributed by atoms with Crippen molar-refractivity contribution in [3.05, 3.63) is 33.8 Å². The van der Waals surface area contributed by atoms with Gasteiger partial charge in [0.1, 0.15) is 0 Å². The number of hydrogen-bond acceptors (Lipinski definition) is 2. The Morgan fingerprint density at radius 1 is 1.47 bits per heavy atom. The Bertz CT molecular complexity index is 376. The van der Waals surface area contributed by atoms with Gasteiger partial charge in [0.15, 0.2) is 0 Å². The summed E-state index contributed by atoms with van der Waals surface area (Å²) in [6.07, 6.45) is 0. The van der Waals surface area contributed by atoms with Gasteiger partial charge < -0.3 is 0 Å². The van der Waals surface area contributed by atoms with Crippen molar-refractivity contribution in [2.75, 3.05) is 5.75 Å². The summed E-state index contributed by atoms with van der Waals surface area (Å²) >= 11 is 5.62. The number of hydrogen-bond donors (Lipinski definition) is 1. The van der Waals surface area contributed by atoms with Crippen LogP contribution in [0.5, 0.6) is 0 Å². The van der Waals surface area contributed by atoms with Gasteiger partial charge in [-0.25, -0.2) is 0 Å². The van der Waals surface area contributed by atoms with Crippen LogP contribution in [0.4, 0.5) is 0 Å². The van der Waals surface area contributed by atoms with Crippen molar-refractivity contribution in [3.63, 3.8) is 0 Å². The van der Waals surface area contributed by atoms with Gasteiger partial charge >= 0.3 is 0 Å². The van der Waals surface area contributed by atoms with Gasteiger partial charge in [-0.1, -0.05) is 28.1 Å². The van der Waals surface area contributed by atoms with Crippen LogP contribution in [0.15, 0.2) is 22.7 Å². The number of aryl methyl sites for hydroxylation is 1. The molecule has 15 heavy (non-hydrogen) atoms. The highest BCUT2D eigenvalue weighted by atomic mass is 79.9. The van der Waals surface area contributed by atoms with Crippen molar-refractivity contribution in [3.8, 4) is 0 Å². The van der Waals surface area contributed by atoms with Gasteiger partial charge in [-0.3, -0.25) is 5.32 Å². The highest BCUT2D eigenvalue weighted by Gasteiger charge is 2.32. The first-order chi connectivity index (χ1) is 6.98. The smallest absolute Gasteiger partial charge is 0.0805 e. The summed E-state index contributed by atoms with van der Waals surface area (Å²) in [6, 6.07) is 6.57. The van der Waals surface area contributed by atoms with E-state index in [9.17, 15) is 0 Å². The average molecular weight is 286 g/mol. The minimum atomic E-state index is 0.250. The number of nitrogens with one attached hydrogen (secondary N) is 1. The summed E-state index contributed by atoms with van der Waals surface area (Å²) in [7, 11) is 0. The van der Waals surface area contributed by atoms with Gasteiger partial charge in [-0.05, 0) is 38.0 Å². The first kappa shape index (κ1) is 11.5. The fourth-order valence-corrected chi connectivity index (χ4v) is 4.07. The van der Waals surface area contributed by atoms with Gasteiger partial charge in [-0.15, -0.1) is 11.8 Å². The zero-order valence-corrected chi connectivity index (χ0v) is 11.7. The SMILES string of the molecule is Cc1ccc(C2NC(C)(C)CS2)c(Br)c1. The first-order valence-corrected chi connectivity index (χ1v) is 6.97. The van der Waals surface area contributed by atoms with Crippen LogP contribution in [0.3, 0.4) is 0 Å². The third-order valence-corrected chi connectivity index (χ3v) is 4.85. The standard InChI is InChI=1S/C12H16BrNS/c1-8-4-5-9(10(13)6-8)11-14-12(2,3)7-15-11/h4-6,11,14H,7H2,1-3H3. The fraction of sp³-hybridized carbons (Fsp3) is 0.500. The molecule has 1 aromatic rings. The number of benzene rings is 1. The summed E-state index contributed by atoms with van der Waals surface area (Å²) in [6.45, 7) is 6.62. The first-order valence-electron chi connectivity index (χ1n) is 5.13. The van der Waals surface area contributed by atoms with E-state index in [-0.39, 0.29) is 5.54 Å². The van der Waals surface area contributed by atoms with E-state index in [0.29, 0.717) is 5.37 Å². The van der Waals surface area contributed by atoms with Gasteiger partial charge in [-0.2, -0.15) is 0 Å². The second kappa shape index (κ2) is 4.11. The molecule has 1 unspecified atom stereocenters. The maximum atomic E-state index is 3.64. The van der Waals surface area contributed by atoms with Crippen LogP contribution in [0.25, 0.3) is 0 Å². The van der Waals surface area contributed by atoms with E-state index in [4.69, 9.17) is 0 Å². The van der Waals surface area contributed by atoms with Crippen molar-refractivity contribution < 1.29 is 0 Å². The molecule has 1 fully saturated rings. The molecule has 0 saturated carbocycles. The van der Waals surface area contributed by atoms with Crippen molar-refractivity contribution >= 4 is 27.7 Å². The molecule has 1 aliphatic rings. The lowest BCUT2D eigenvalue weighted by molar-refractivity contribution is 0.451. The molecule has 0 amide bonds. The molecule has 1 nitrogen and oxygen atoms in total. The van der Waals surface area contributed by atoms with E-state index in [1.165, 1.54) is 15.6 Å². The Hall–Kier alpha value is 0.01000. The topological polar surface area (TPSA) is 12.0 Å². The van der Waals surface area contributed by atoms with E-state index >= 15 is 0 Å². The Labute approximate surface area is 104 Å². The summed E-state index contributed by atoms with van der Waals surface area (Å²) in [4.78, 5) is 0. The predicted molar refractivity (Wildman–Crippen MR) is 71.3 cm³/mol. The van der Waals surface area contributed by atoms with Gasteiger partial charge in [0.05, 0.1) is 5.37 Å². The Morgan fingerprint density at radius 3 is 2.73 bits per heavy atom. The number of thioether (sulfide) groups is 1. The molecule has 0 spiro atoms. The van der Waals surface area contributed by atoms with Gasteiger partial charge in [0, 0.05) is 15.8 Å². The van der Waals surface area contributed by atoms with Crippen molar-refractivity contribution in [2.24, 2.45) is 0 Å². The molecule has 1 saturated heterocycles. The lowest BCUT2D eigenvalue weighted by atomic mass is 10.1. The summed E-state index contributed by atoms with van der Waals surface area (Å²) in [5, 5.41) is 4.07. The summed E-state index contributed by atoms with van der Waals surface area (Å²) in [5.74, 6) is 1.16. The Kier molecular flexibility index (Phi) is 3.15. The van der Waals surface area contributed by atoms with Gasteiger partial charge in [0.2, 0.25) is 0 Å². The van der Waals surface area contributed by atoms with Crippen LogP contribution >= 0.6 is 27.7 Å². The van der Waals surface area contributed by atoms with Crippen molar-refractivity contribution in [1.82, 2.24) is 5.32 Å². The van der Waals surface area contributed by atoms with Crippen LogP contribution in [0, 0.1) is 6.92 Å². The zero-order valence-electron chi connectivity index (χ0n) is 9.30. The molecule has 0 aromatic heterocycles. The molecule has 1 N–H and O–H groups in total. The van der Waals surface area contributed by atoms with E-state index in [1.54, 1.807) is 0 Å². The second-order valence-electron chi connectivity index (χ2n) is 4.74. The Morgan fingerprint density at radius 2 is 2.20 bits per heavy atom. The number of rotatable bonds is 1. The third-order valence-electron chi connectivity index (χ3n) is 2.57. The largest absolute Gasteiger partial charge is 0.296 e. The van der Waals surface area contributed by atoms with Crippen LogP contribution < -0.4 is 5.32 Å². The van der Waals surface area contributed by atoms with E-state index in [1.807, 2.05) is 11.8 Å². The lowest BCUT2D eigenvalue weighted by Gasteiger charge is -2.19. The average Bonchev–Trinajstić information content (AvgIpc) is 2.46. The molecule has 0 radical (unpaired) electrons. The Balaban J connectivity index is 2.24. The molecule has 82 valence electrons. The molecule has 0 bridgehead atoms. The summed E-state index contributed by atoms with van der Waals surface area (Å²) < 4.78 is 1.21. The quantitative estimate of drug-likeness (QED) is 0.841. The molecule has 0 aliphatic carbocycles. The van der Waals surface area contributed by atoms with Crippen LogP contribution in [-0.2, 0) is 0 Å². The molecule has 3 heteroatoms. The maximum absolute atomic E-state index is 3.64. The molecule has 2 rings (SSSR count). The molecule has 1 aromatic carbocycles. The van der Waals surface area contributed by atoms with Crippen LogP contribution in [-0.4, -0.2) is 11.3 Å². The monoisotopic (exact) mass is 285 g/mol. The molecular formula is C12H16BrNS. The van der Waals surface area contributed by atoms with Crippen LogP contribution in [0.1, 0.15) is 30.3 Å². The highest BCUT2D eigenvalue weighted by Crippen LogP contribution is 2.40. The normalized spacial score (nSPS) is 24.4. The van der Waals surface area contributed by atoms with Crippen molar-refractivity contribution in [1.29, 1.82) is 0 Å². The minimum Gasteiger partial charge on any atom is -0.296 e. The molecule has 1 aliphatic heterocycles. The maximum Gasteiger partial charge on any atom is 0.0805 e. The molecule has 1 heterocycles. The summed E-state index contributed by atoms with van der Waals surface area (Å²) in [5.41, 5.74) is 2.91. The second-order valence-corrected chi connectivity index (χ2v) is 6.69. The zero-order chi connectivity index (χ0) is 11.1. The fourth-order valence-electron chi connectivity index (χ4n) is 1.74. The van der Waals surface area contributed by atoms with Crippen LogP contribution in [0.2, 0.25) is 0 Å². The molecular weight excluding hydrogens is 270 g/mol. The van der Waals surface area contributed by atoms with E-state index in [2.05, 4.69) is 60.2 Å². The highest BCUT2D eigenvalue weighted by molar-refractivity contribution is 9.10. The predicted octanol–water partition coefficient (Wildman–Crippen LogP) is 3.87. The van der Waals surface area contributed by atoms with E-state index < -0.39 is 0 Å². The minimum absolute atomic E-state index is 0.250. The van der Waals surface area contributed by atoms with E-state index in [0.717, 1.165) is 5.75 Å².